The maximum absolute atomic E-state index is 13.9. The van der Waals surface area contributed by atoms with Crippen molar-refractivity contribution in [3.05, 3.63) is 41.9 Å². The van der Waals surface area contributed by atoms with Crippen LogP contribution in [0, 0.1) is 11.3 Å². The minimum atomic E-state index is -4.66. The topological polar surface area (TPSA) is 87.3 Å². The van der Waals surface area contributed by atoms with E-state index in [-0.39, 0.29) is 35.2 Å². The molecule has 1 amide bonds. The molecule has 0 bridgehead atoms. The fourth-order valence-corrected chi connectivity index (χ4v) is 4.30. The van der Waals surface area contributed by atoms with E-state index in [1.54, 1.807) is 29.6 Å². The third-order valence-corrected chi connectivity index (χ3v) is 6.62. The number of hydrogen-bond acceptors (Lipinski definition) is 6. The molecule has 0 unspecified atom stereocenters. The number of ether oxygens (including phenoxy) is 1. The average molecular weight is 501 g/mol. The molecule has 2 heterocycles. The van der Waals surface area contributed by atoms with E-state index >= 15 is 0 Å². The van der Waals surface area contributed by atoms with Crippen LogP contribution in [0.15, 0.2) is 30.6 Å². The van der Waals surface area contributed by atoms with Gasteiger partial charge in [0.25, 0.3) is 0 Å². The van der Waals surface area contributed by atoms with Crippen LogP contribution in [0.25, 0.3) is 22.3 Å². The van der Waals surface area contributed by atoms with Crippen LogP contribution in [0.2, 0.25) is 0 Å². The maximum Gasteiger partial charge on any atom is 0.419 e. The molecular formula is C25H27F3N6O2. The van der Waals surface area contributed by atoms with E-state index in [2.05, 4.69) is 9.97 Å². The molecule has 11 heteroatoms. The fraction of sp³-hybridized carbons (Fsp3) is 0.440. The number of fused-ring (bicyclic) bond motifs is 1. The first-order valence-electron chi connectivity index (χ1n) is 11.5. The molecule has 1 aliphatic rings. The summed E-state index contributed by atoms with van der Waals surface area (Å²) in [5.74, 6) is -0.281. The van der Waals surface area contributed by atoms with Crippen LogP contribution in [-0.2, 0) is 18.0 Å². The molecule has 3 aromatic rings. The summed E-state index contributed by atoms with van der Waals surface area (Å²) in [6.45, 7) is 0.395. The van der Waals surface area contributed by atoms with E-state index in [9.17, 15) is 23.2 Å². The molecule has 0 atom stereocenters. The van der Waals surface area contributed by atoms with Gasteiger partial charge in [-0.1, -0.05) is 0 Å². The summed E-state index contributed by atoms with van der Waals surface area (Å²) in [5.41, 5.74) is 0.0742. The van der Waals surface area contributed by atoms with Gasteiger partial charge in [0.1, 0.15) is 22.9 Å². The molecule has 0 saturated heterocycles. The number of rotatable bonds is 8. The number of nitrogens with zero attached hydrogens (tertiary/aromatic N) is 6. The molecule has 190 valence electrons. The fourth-order valence-electron chi connectivity index (χ4n) is 4.30. The number of carbonyl (C=O) groups is 1. The van der Waals surface area contributed by atoms with Crippen LogP contribution < -0.4 is 4.74 Å². The van der Waals surface area contributed by atoms with Crippen LogP contribution >= 0.6 is 0 Å². The molecule has 1 saturated carbocycles. The van der Waals surface area contributed by atoms with Gasteiger partial charge in [-0.05, 0) is 57.6 Å². The summed E-state index contributed by atoms with van der Waals surface area (Å²) in [4.78, 5) is 24.6. The highest BCUT2D eigenvalue weighted by Crippen LogP contribution is 2.42. The number of imidazole rings is 1. The Hall–Kier alpha value is -3.65. The quantitative estimate of drug-likeness (QED) is 0.437. The Morgan fingerprint density at radius 1 is 1.25 bits per heavy atom. The van der Waals surface area contributed by atoms with E-state index in [0.717, 1.165) is 18.9 Å². The number of alkyl halides is 3. The zero-order valence-electron chi connectivity index (χ0n) is 20.6. The normalized spacial score (nSPS) is 14.6. The van der Waals surface area contributed by atoms with E-state index < -0.39 is 17.3 Å². The Labute approximate surface area is 206 Å². The van der Waals surface area contributed by atoms with Crippen molar-refractivity contribution in [1.82, 2.24) is 24.3 Å². The summed E-state index contributed by atoms with van der Waals surface area (Å²) in [6.07, 6.45) is -1.14. The molecule has 1 aromatic carbocycles. The highest BCUT2D eigenvalue weighted by Gasteiger charge is 2.53. The SMILES string of the molecule is CN(CCCOc1ccc(-c2cc3c(ncn3C)c(C#N)n2)cc1C(F)(F)F)C(=O)C1(N(C)C)CC1. The average Bonchev–Trinajstić information content (AvgIpc) is 3.58. The van der Waals surface area contributed by atoms with Crippen LogP contribution in [0.5, 0.6) is 5.75 Å². The van der Waals surface area contributed by atoms with Crippen molar-refractivity contribution >= 4 is 16.9 Å². The molecule has 0 N–H and O–H groups in total. The largest absolute Gasteiger partial charge is 0.493 e. The zero-order valence-corrected chi connectivity index (χ0v) is 20.6. The molecule has 1 fully saturated rings. The van der Waals surface area contributed by atoms with Crippen molar-refractivity contribution < 1.29 is 22.7 Å². The van der Waals surface area contributed by atoms with Gasteiger partial charge in [0.05, 0.1) is 29.7 Å². The second kappa shape index (κ2) is 9.43. The lowest BCUT2D eigenvalue weighted by molar-refractivity contribution is -0.138. The van der Waals surface area contributed by atoms with Gasteiger partial charge < -0.3 is 14.2 Å². The predicted molar refractivity (Wildman–Crippen MR) is 127 cm³/mol. The molecule has 0 aliphatic heterocycles. The number of amides is 1. The van der Waals surface area contributed by atoms with Crippen molar-refractivity contribution in [3.8, 4) is 23.1 Å². The lowest BCUT2D eigenvalue weighted by Gasteiger charge is -2.28. The molecule has 36 heavy (non-hydrogen) atoms. The number of carbonyl (C=O) groups excluding carboxylic acids is 1. The number of halogens is 3. The Bertz CT molecular complexity index is 1340. The van der Waals surface area contributed by atoms with Gasteiger partial charge in [0.15, 0.2) is 5.69 Å². The summed E-state index contributed by atoms with van der Waals surface area (Å²) >= 11 is 0. The van der Waals surface area contributed by atoms with E-state index in [1.165, 1.54) is 18.5 Å². The molecule has 0 spiro atoms. The summed E-state index contributed by atoms with van der Waals surface area (Å²) in [6, 6.07) is 7.29. The third kappa shape index (κ3) is 4.73. The number of aromatic nitrogens is 3. The molecule has 0 radical (unpaired) electrons. The van der Waals surface area contributed by atoms with Crippen molar-refractivity contribution in [3.63, 3.8) is 0 Å². The summed E-state index contributed by atoms with van der Waals surface area (Å²) in [7, 11) is 7.17. The Kier molecular flexibility index (Phi) is 6.66. The Morgan fingerprint density at radius 2 is 1.97 bits per heavy atom. The number of hydrogen-bond donors (Lipinski definition) is 0. The van der Waals surface area contributed by atoms with Crippen LogP contribution in [0.4, 0.5) is 13.2 Å². The predicted octanol–water partition coefficient (Wildman–Crippen LogP) is 3.85. The first-order valence-corrected chi connectivity index (χ1v) is 11.5. The van der Waals surface area contributed by atoms with Crippen LogP contribution in [0.3, 0.4) is 0 Å². The second-order valence-electron chi connectivity index (χ2n) is 9.25. The highest BCUT2D eigenvalue weighted by molar-refractivity contribution is 5.89. The first-order chi connectivity index (χ1) is 17.0. The Morgan fingerprint density at radius 3 is 2.58 bits per heavy atom. The van der Waals surface area contributed by atoms with Gasteiger partial charge in [-0.2, -0.15) is 18.4 Å². The number of likely N-dealkylation sites (N-methyl/N-ethyl adjacent to an activating group) is 2. The van der Waals surface area contributed by atoms with Gasteiger partial charge in [0.2, 0.25) is 5.91 Å². The number of nitriles is 1. The van der Waals surface area contributed by atoms with E-state index in [4.69, 9.17) is 4.74 Å². The van der Waals surface area contributed by atoms with Gasteiger partial charge >= 0.3 is 6.18 Å². The third-order valence-electron chi connectivity index (χ3n) is 6.62. The number of benzene rings is 1. The standard InChI is InChI=1S/C25H27F3N6O2/c1-32(2)24(8-9-24)23(35)33(3)10-5-11-36-21-7-6-16(12-17(21)25(26,27)28)18-13-20-22(19(14-29)31-18)30-15-34(20)4/h6-7,12-13,15H,5,8-11H2,1-4H3. The van der Waals surface area contributed by atoms with Crippen molar-refractivity contribution in [2.45, 2.75) is 31.0 Å². The maximum atomic E-state index is 13.9. The molecule has 1 aliphatic carbocycles. The zero-order chi connectivity index (χ0) is 26.3. The van der Waals surface area contributed by atoms with Gasteiger partial charge in [-0.3, -0.25) is 9.69 Å². The molecule has 4 rings (SSSR count). The van der Waals surface area contributed by atoms with Gasteiger partial charge in [0, 0.05) is 26.2 Å². The lowest BCUT2D eigenvalue weighted by atomic mass is 10.1. The number of aryl methyl sites for hydroxylation is 1. The van der Waals surface area contributed by atoms with Crippen LogP contribution in [-0.4, -0.2) is 70.1 Å². The monoisotopic (exact) mass is 500 g/mol. The van der Waals surface area contributed by atoms with Gasteiger partial charge in [-0.25, -0.2) is 9.97 Å². The highest BCUT2D eigenvalue weighted by atomic mass is 19.4. The molecule has 8 nitrogen and oxygen atoms in total. The van der Waals surface area contributed by atoms with Crippen molar-refractivity contribution in [2.24, 2.45) is 7.05 Å². The number of pyridine rings is 1. The minimum absolute atomic E-state index is 0.0162. The molecular weight excluding hydrogens is 473 g/mol. The van der Waals surface area contributed by atoms with E-state index in [1.807, 2.05) is 25.1 Å². The summed E-state index contributed by atoms with van der Waals surface area (Å²) in [5, 5.41) is 9.42. The minimum Gasteiger partial charge on any atom is -0.493 e. The van der Waals surface area contributed by atoms with E-state index in [0.29, 0.717) is 24.0 Å². The molecule has 2 aromatic heterocycles. The Balaban J connectivity index is 1.50. The second-order valence-corrected chi connectivity index (χ2v) is 9.25. The van der Waals surface area contributed by atoms with Crippen LogP contribution in [0.1, 0.15) is 30.5 Å². The first kappa shape index (κ1) is 25.4. The van der Waals surface area contributed by atoms with Crippen molar-refractivity contribution in [2.75, 3.05) is 34.3 Å². The van der Waals surface area contributed by atoms with Crippen molar-refractivity contribution in [1.29, 1.82) is 5.26 Å². The van der Waals surface area contributed by atoms with Gasteiger partial charge in [-0.15, -0.1) is 0 Å². The smallest absolute Gasteiger partial charge is 0.419 e. The summed E-state index contributed by atoms with van der Waals surface area (Å²) < 4.78 is 48.8. The lowest BCUT2D eigenvalue weighted by Crippen LogP contribution is -2.46.